The van der Waals surface area contributed by atoms with Gasteiger partial charge in [-0.15, -0.1) is 0 Å². The Balaban J connectivity index is 2.31. The molecule has 1 amide bonds. The fourth-order valence-corrected chi connectivity index (χ4v) is 1.37. The number of carbonyl (C=O) groups is 1. The Labute approximate surface area is 94.9 Å². The summed E-state index contributed by atoms with van der Waals surface area (Å²) in [5, 5.41) is 20.4. The first kappa shape index (κ1) is 12.7. The van der Waals surface area contributed by atoms with Crippen LogP contribution >= 0.6 is 0 Å². The topological polar surface area (TPSA) is 69.6 Å². The van der Waals surface area contributed by atoms with Crippen molar-refractivity contribution in [2.24, 2.45) is 0 Å². The largest absolute Gasteiger partial charge is 0.396 e. The van der Waals surface area contributed by atoms with Crippen LogP contribution in [0.15, 0.2) is 30.3 Å². The van der Waals surface area contributed by atoms with Gasteiger partial charge in [-0.1, -0.05) is 30.3 Å². The summed E-state index contributed by atoms with van der Waals surface area (Å²) in [5.74, 6) is -0.211. The molecule has 1 aromatic carbocycles. The Bertz CT molecular complexity index is 313. The molecular weight excluding hydrogens is 206 g/mol. The van der Waals surface area contributed by atoms with Crippen molar-refractivity contribution in [2.75, 3.05) is 6.61 Å². The van der Waals surface area contributed by atoms with Gasteiger partial charge in [0, 0.05) is 6.61 Å². The third-order valence-corrected chi connectivity index (χ3v) is 2.17. The molecule has 0 heterocycles. The van der Waals surface area contributed by atoms with Crippen molar-refractivity contribution in [3.05, 3.63) is 35.9 Å². The first-order chi connectivity index (χ1) is 7.72. The minimum Gasteiger partial charge on any atom is -0.396 e. The average molecular weight is 223 g/mol. The molecule has 0 saturated heterocycles. The predicted molar refractivity (Wildman–Crippen MR) is 60.6 cm³/mol. The molecule has 0 saturated carbocycles. The zero-order chi connectivity index (χ0) is 11.8. The number of carbonyl (C=O) groups excluding carboxylic acids is 1. The summed E-state index contributed by atoms with van der Waals surface area (Å²) in [4.78, 5) is 11.5. The summed E-state index contributed by atoms with van der Waals surface area (Å²) in [6.45, 7) is 0.0195. The lowest BCUT2D eigenvalue weighted by atomic mass is 10.1. The second-order valence-electron chi connectivity index (χ2n) is 3.61. The molecule has 0 fully saturated rings. The molecule has 16 heavy (non-hydrogen) atoms. The minimum absolute atomic E-state index is 0.0195. The van der Waals surface area contributed by atoms with Gasteiger partial charge in [-0.2, -0.15) is 0 Å². The average Bonchev–Trinajstić information content (AvgIpc) is 2.27. The van der Waals surface area contributed by atoms with E-state index < -0.39 is 6.23 Å². The molecule has 0 radical (unpaired) electrons. The standard InChI is InChI=1S/C12H17NO3/c14-8-4-7-11(15)13-12(16)9-10-5-2-1-3-6-10/h1-3,5-6,11,14-15H,4,7-9H2,(H,13,16). The summed E-state index contributed by atoms with van der Waals surface area (Å²) >= 11 is 0. The van der Waals surface area contributed by atoms with E-state index in [1.165, 1.54) is 0 Å². The SMILES string of the molecule is O=C(Cc1ccccc1)NC(O)CCCO. The number of aliphatic hydroxyl groups is 2. The van der Waals surface area contributed by atoms with Crippen LogP contribution in [0.1, 0.15) is 18.4 Å². The summed E-state index contributed by atoms with van der Waals surface area (Å²) in [6.07, 6.45) is 0.240. The number of hydrogen-bond donors (Lipinski definition) is 3. The molecule has 0 aromatic heterocycles. The third kappa shape index (κ3) is 4.91. The molecule has 1 unspecified atom stereocenters. The Morgan fingerprint density at radius 1 is 1.31 bits per heavy atom. The number of nitrogens with one attached hydrogen (secondary N) is 1. The minimum atomic E-state index is -0.872. The zero-order valence-electron chi connectivity index (χ0n) is 9.10. The summed E-state index contributed by atoms with van der Waals surface area (Å²) in [7, 11) is 0. The second-order valence-corrected chi connectivity index (χ2v) is 3.61. The molecule has 4 heteroatoms. The lowest BCUT2D eigenvalue weighted by Crippen LogP contribution is -2.35. The number of rotatable bonds is 6. The molecule has 1 aromatic rings. The molecule has 3 N–H and O–H groups in total. The van der Waals surface area contributed by atoms with Crippen LogP contribution in [-0.2, 0) is 11.2 Å². The highest BCUT2D eigenvalue weighted by molar-refractivity contribution is 5.78. The fraction of sp³-hybridized carbons (Fsp3) is 0.417. The van der Waals surface area contributed by atoms with Gasteiger partial charge in [-0.25, -0.2) is 0 Å². The maximum Gasteiger partial charge on any atom is 0.226 e. The number of aliphatic hydroxyl groups excluding tert-OH is 2. The molecule has 0 aliphatic rings. The van der Waals surface area contributed by atoms with Crippen LogP contribution in [0.4, 0.5) is 0 Å². The second kappa shape index (κ2) is 6.98. The number of amides is 1. The smallest absolute Gasteiger partial charge is 0.226 e. The molecule has 1 atom stereocenters. The van der Waals surface area contributed by atoms with Crippen molar-refractivity contribution in [3.63, 3.8) is 0 Å². The third-order valence-electron chi connectivity index (χ3n) is 2.17. The van der Waals surface area contributed by atoms with Crippen molar-refractivity contribution in [1.82, 2.24) is 5.32 Å². The van der Waals surface area contributed by atoms with Crippen molar-refractivity contribution in [1.29, 1.82) is 0 Å². The zero-order valence-corrected chi connectivity index (χ0v) is 9.10. The van der Waals surface area contributed by atoms with Crippen LogP contribution in [-0.4, -0.2) is 29.0 Å². The molecule has 4 nitrogen and oxygen atoms in total. The van der Waals surface area contributed by atoms with Crippen LogP contribution in [0.25, 0.3) is 0 Å². The molecule has 0 aliphatic heterocycles. The molecular formula is C12H17NO3. The van der Waals surface area contributed by atoms with Gasteiger partial charge >= 0.3 is 0 Å². The Kier molecular flexibility index (Phi) is 5.53. The van der Waals surface area contributed by atoms with Gasteiger partial charge < -0.3 is 15.5 Å². The van der Waals surface area contributed by atoms with Gasteiger partial charge in [0.25, 0.3) is 0 Å². The van der Waals surface area contributed by atoms with Crippen molar-refractivity contribution < 1.29 is 15.0 Å². The van der Waals surface area contributed by atoms with Gasteiger partial charge in [0.15, 0.2) is 0 Å². The fourth-order valence-electron chi connectivity index (χ4n) is 1.37. The summed E-state index contributed by atoms with van der Waals surface area (Å²) in [5.41, 5.74) is 0.911. The molecule has 0 spiro atoms. The van der Waals surface area contributed by atoms with Crippen molar-refractivity contribution >= 4 is 5.91 Å². The van der Waals surface area contributed by atoms with Crippen LogP contribution in [0.3, 0.4) is 0 Å². The van der Waals surface area contributed by atoms with E-state index >= 15 is 0 Å². The van der Waals surface area contributed by atoms with Gasteiger partial charge in [0.2, 0.25) is 5.91 Å². The summed E-state index contributed by atoms with van der Waals surface area (Å²) in [6, 6.07) is 9.34. The van der Waals surface area contributed by atoms with Crippen LogP contribution in [0.2, 0.25) is 0 Å². The first-order valence-corrected chi connectivity index (χ1v) is 5.34. The van der Waals surface area contributed by atoms with E-state index in [9.17, 15) is 9.90 Å². The maximum atomic E-state index is 11.5. The highest BCUT2D eigenvalue weighted by atomic mass is 16.3. The van der Waals surface area contributed by atoms with E-state index in [-0.39, 0.29) is 18.9 Å². The first-order valence-electron chi connectivity index (χ1n) is 5.34. The molecule has 0 aliphatic carbocycles. The van der Waals surface area contributed by atoms with Crippen LogP contribution in [0.5, 0.6) is 0 Å². The Morgan fingerprint density at radius 3 is 2.62 bits per heavy atom. The maximum absolute atomic E-state index is 11.5. The lowest BCUT2D eigenvalue weighted by molar-refractivity contribution is -0.123. The number of benzene rings is 1. The lowest BCUT2D eigenvalue weighted by Gasteiger charge is -2.11. The van der Waals surface area contributed by atoms with Gasteiger partial charge in [0.1, 0.15) is 6.23 Å². The van der Waals surface area contributed by atoms with E-state index in [1.54, 1.807) is 0 Å². The van der Waals surface area contributed by atoms with Gasteiger partial charge in [-0.3, -0.25) is 4.79 Å². The number of hydrogen-bond acceptors (Lipinski definition) is 3. The Hall–Kier alpha value is -1.39. The van der Waals surface area contributed by atoms with Crippen LogP contribution < -0.4 is 5.32 Å². The highest BCUT2D eigenvalue weighted by Gasteiger charge is 2.08. The van der Waals surface area contributed by atoms with Crippen molar-refractivity contribution in [3.8, 4) is 0 Å². The predicted octanol–water partition coefficient (Wildman–Crippen LogP) is 0.436. The van der Waals surface area contributed by atoms with E-state index in [1.807, 2.05) is 30.3 Å². The van der Waals surface area contributed by atoms with E-state index in [0.29, 0.717) is 12.8 Å². The summed E-state index contributed by atoms with van der Waals surface area (Å²) < 4.78 is 0. The molecule has 88 valence electrons. The Morgan fingerprint density at radius 2 is 2.00 bits per heavy atom. The monoisotopic (exact) mass is 223 g/mol. The van der Waals surface area contributed by atoms with Gasteiger partial charge in [-0.05, 0) is 18.4 Å². The van der Waals surface area contributed by atoms with Gasteiger partial charge in [0.05, 0.1) is 6.42 Å². The quantitative estimate of drug-likeness (QED) is 0.613. The van der Waals surface area contributed by atoms with Crippen LogP contribution in [0, 0.1) is 0 Å². The molecule has 0 bridgehead atoms. The van der Waals surface area contributed by atoms with Crippen molar-refractivity contribution in [2.45, 2.75) is 25.5 Å². The van der Waals surface area contributed by atoms with E-state index in [4.69, 9.17) is 5.11 Å². The van der Waals surface area contributed by atoms with E-state index in [0.717, 1.165) is 5.56 Å². The normalized spacial score (nSPS) is 12.1. The van der Waals surface area contributed by atoms with E-state index in [2.05, 4.69) is 5.32 Å². The highest BCUT2D eigenvalue weighted by Crippen LogP contribution is 2.00. The molecule has 1 rings (SSSR count).